The van der Waals surface area contributed by atoms with Crippen LogP contribution in [0.25, 0.3) is 10.1 Å². The van der Waals surface area contributed by atoms with Gasteiger partial charge in [0.2, 0.25) is 5.91 Å². The first-order valence-corrected chi connectivity index (χ1v) is 12.1. The minimum atomic E-state index is -3.78. The Morgan fingerprint density at radius 2 is 2.06 bits per heavy atom. The van der Waals surface area contributed by atoms with Crippen molar-refractivity contribution in [1.29, 1.82) is 0 Å². The van der Waals surface area contributed by atoms with Crippen LogP contribution in [0.1, 0.15) is 12.1 Å². The van der Waals surface area contributed by atoms with E-state index in [-0.39, 0.29) is 29.8 Å². The highest BCUT2D eigenvalue weighted by atomic mass is 35.5. The Hall–Kier alpha value is -2.47. The summed E-state index contributed by atoms with van der Waals surface area (Å²) in [4.78, 5) is 29.1. The fourth-order valence-electron chi connectivity index (χ4n) is 3.49. The molecule has 9 nitrogen and oxygen atoms in total. The number of benzene rings is 1. The van der Waals surface area contributed by atoms with Crippen molar-refractivity contribution in [3.05, 3.63) is 47.5 Å². The number of aryl methyl sites for hydroxylation is 1. The number of thiophene rings is 1. The SMILES string of the molecule is O=C1CN(S(=O)(=O)c2cc3ccc(Cl)cc3s2)CCN1CCCc1cncn1C(=O)O. The fourth-order valence-corrected chi connectivity index (χ4v) is 6.70. The van der Waals surface area contributed by atoms with E-state index in [1.165, 1.54) is 16.8 Å². The van der Waals surface area contributed by atoms with Crippen molar-refractivity contribution in [3.8, 4) is 0 Å². The number of rotatable bonds is 6. The zero-order valence-corrected chi connectivity index (χ0v) is 18.7. The third-order valence-electron chi connectivity index (χ3n) is 5.12. The number of imidazole rings is 1. The van der Waals surface area contributed by atoms with Gasteiger partial charge in [0.1, 0.15) is 10.5 Å². The molecule has 0 bridgehead atoms. The van der Waals surface area contributed by atoms with Crippen LogP contribution in [0.4, 0.5) is 4.79 Å². The summed E-state index contributed by atoms with van der Waals surface area (Å²) >= 11 is 7.12. The Labute approximate surface area is 187 Å². The molecule has 1 saturated heterocycles. The maximum Gasteiger partial charge on any atom is 0.417 e. The largest absolute Gasteiger partial charge is 0.464 e. The highest BCUT2D eigenvalue weighted by Crippen LogP contribution is 2.33. The molecule has 1 aromatic carbocycles. The number of piperazine rings is 1. The molecular formula is C19H19ClN4O5S2. The molecule has 1 aliphatic rings. The lowest BCUT2D eigenvalue weighted by atomic mass is 10.2. The molecule has 3 heterocycles. The molecule has 12 heteroatoms. The summed E-state index contributed by atoms with van der Waals surface area (Å²) in [5.74, 6) is -0.272. The summed E-state index contributed by atoms with van der Waals surface area (Å²) in [6.45, 7) is 0.687. The second-order valence-electron chi connectivity index (χ2n) is 7.11. The zero-order chi connectivity index (χ0) is 22.2. The van der Waals surface area contributed by atoms with Crippen molar-refractivity contribution in [3.63, 3.8) is 0 Å². The molecular weight excluding hydrogens is 464 g/mol. The van der Waals surface area contributed by atoms with E-state index in [1.54, 1.807) is 29.2 Å². The third kappa shape index (κ3) is 4.45. The topological polar surface area (TPSA) is 113 Å². The van der Waals surface area contributed by atoms with Gasteiger partial charge in [0.05, 0.1) is 6.54 Å². The molecule has 1 fully saturated rings. The maximum atomic E-state index is 13.0. The number of carbonyl (C=O) groups excluding carboxylic acids is 1. The minimum absolute atomic E-state index is 0.188. The summed E-state index contributed by atoms with van der Waals surface area (Å²) in [7, 11) is -3.78. The Morgan fingerprint density at radius 3 is 2.81 bits per heavy atom. The number of aromatic nitrogens is 2. The van der Waals surface area contributed by atoms with Crippen LogP contribution in [0.3, 0.4) is 0 Å². The lowest BCUT2D eigenvalue weighted by Gasteiger charge is -2.33. The van der Waals surface area contributed by atoms with Gasteiger partial charge in [-0.3, -0.25) is 4.79 Å². The van der Waals surface area contributed by atoms with E-state index < -0.39 is 16.1 Å². The van der Waals surface area contributed by atoms with Crippen LogP contribution < -0.4 is 0 Å². The molecule has 1 N–H and O–H groups in total. The second kappa shape index (κ2) is 8.58. The number of halogens is 1. The standard InChI is InChI=1S/C19H19ClN4O5S2/c20-14-4-3-13-8-18(30-16(13)9-14)31(28,29)23-7-6-22(17(25)11-23)5-1-2-15-10-21-12-24(15)19(26)27/h3-4,8-10,12H,1-2,5-7,11H2,(H,26,27). The van der Waals surface area contributed by atoms with Crippen LogP contribution in [0, 0.1) is 0 Å². The van der Waals surface area contributed by atoms with Crippen molar-refractivity contribution < 1.29 is 23.1 Å². The van der Waals surface area contributed by atoms with Crippen LogP contribution in [0.5, 0.6) is 0 Å². The molecule has 31 heavy (non-hydrogen) atoms. The van der Waals surface area contributed by atoms with Gasteiger partial charge in [-0.1, -0.05) is 17.7 Å². The van der Waals surface area contributed by atoms with Crippen LogP contribution >= 0.6 is 22.9 Å². The molecule has 1 aliphatic heterocycles. The van der Waals surface area contributed by atoms with Gasteiger partial charge < -0.3 is 10.0 Å². The fraction of sp³-hybridized carbons (Fsp3) is 0.316. The molecule has 0 atom stereocenters. The third-order valence-corrected chi connectivity index (χ3v) is 8.75. The highest BCUT2D eigenvalue weighted by molar-refractivity contribution is 7.91. The number of carboxylic acid groups (broad SMARTS) is 1. The Kier molecular flexibility index (Phi) is 6.02. The minimum Gasteiger partial charge on any atom is -0.464 e. The Balaban J connectivity index is 1.38. The molecule has 0 aliphatic carbocycles. The van der Waals surface area contributed by atoms with Crippen LogP contribution in [0.2, 0.25) is 5.02 Å². The van der Waals surface area contributed by atoms with Gasteiger partial charge in [0.15, 0.2) is 0 Å². The number of nitrogens with zero attached hydrogens (tertiary/aromatic N) is 4. The first-order valence-electron chi connectivity index (χ1n) is 9.47. The summed E-state index contributed by atoms with van der Waals surface area (Å²) in [6, 6.07) is 6.80. The molecule has 0 unspecified atom stereocenters. The van der Waals surface area contributed by atoms with E-state index in [4.69, 9.17) is 16.7 Å². The van der Waals surface area contributed by atoms with Crippen LogP contribution in [-0.2, 0) is 21.2 Å². The maximum absolute atomic E-state index is 13.0. The van der Waals surface area contributed by atoms with Gasteiger partial charge in [-0.2, -0.15) is 4.31 Å². The predicted octanol–water partition coefficient (Wildman–Crippen LogP) is 2.74. The van der Waals surface area contributed by atoms with E-state index in [9.17, 15) is 18.0 Å². The van der Waals surface area contributed by atoms with Crippen LogP contribution in [-0.4, -0.2) is 70.5 Å². The van der Waals surface area contributed by atoms with E-state index in [1.807, 2.05) is 0 Å². The molecule has 4 rings (SSSR count). The average molecular weight is 483 g/mol. The van der Waals surface area contributed by atoms with E-state index >= 15 is 0 Å². The zero-order valence-electron chi connectivity index (χ0n) is 16.3. The first-order chi connectivity index (χ1) is 14.8. The monoisotopic (exact) mass is 482 g/mol. The molecule has 2 aromatic heterocycles. The van der Waals surface area contributed by atoms with Crippen molar-refractivity contribution in [1.82, 2.24) is 18.8 Å². The molecule has 164 valence electrons. The average Bonchev–Trinajstić information content (AvgIpc) is 3.36. The van der Waals surface area contributed by atoms with Gasteiger partial charge in [-0.25, -0.2) is 22.8 Å². The molecule has 3 aromatic rings. The van der Waals surface area contributed by atoms with Gasteiger partial charge in [-0.15, -0.1) is 11.3 Å². The van der Waals surface area contributed by atoms with Crippen molar-refractivity contribution in [2.45, 2.75) is 17.1 Å². The number of hydrogen-bond acceptors (Lipinski definition) is 6. The summed E-state index contributed by atoms with van der Waals surface area (Å²) in [5, 5.41) is 10.4. The lowest BCUT2D eigenvalue weighted by Crippen LogP contribution is -2.52. The number of fused-ring (bicyclic) bond motifs is 1. The Bertz CT molecular complexity index is 1250. The predicted molar refractivity (Wildman–Crippen MR) is 116 cm³/mol. The summed E-state index contributed by atoms with van der Waals surface area (Å²) in [5.41, 5.74) is 0.547. The molecule has 0 radical (unpaired) electrons. The van der Waals surface area contributed by atoms with Gasteiger partial charge >= 0.3 is 6.09 Å². The number of carbonyl (C=O) groups is 2. The number of hydrogen-bond donors (Lipinski definition) is 1. The van der Waals surface area contributed by atoms with Gasteiger partial charge in [0.25, 0.3) is 10.0 Å². The van der Waals surface area contributed by atoms with E-state index in [0.29, 0.717) is 30.1 Å². The van der Waals surface area contributed by atoms with E-state index in [0.717, 1.165) is 26.0 Å². The quantitative estimate of drug-likeness (QED) is 0.578. The molecule has 0 spiro atoms. The molecule has 0 saturated carbocycles. The summed E-state index contributed by atoms with van der Waals surface area (Å²) < 4.78 is 29.3. The Morgan fingerprint density at radius 1 is 1.26 bits per heavy atom. The second-order valence-corrected chi connectivity index (χ2v) is 10.8. The van der Waals surface area contributed by atoms with E-state index in [2.05, 4.69) is 4.98 Å². The van der Waals surface area contributed by atoms with Gasteiger partial charge in [0, 0.05) is 41.2 Å². The molecule has 1 amide bonds. The number of amides is 1. The summed E-state index contributed by atoms with van der Waals surface area (Å²) in [6.07, 6.45) is 2.61. The van der Waals surface area contributed by atoms with Crippen molar-refractivity contribution in [2.75, 3.05) is 26.2 Å². The van der Waals surface area contributed by atoms with Crippen molar-refractivity contribution in [2.24, 2.45) is 0 Å². The first kappa shape index (κ1) is 21.8. The highest BCUT2D eigenvalue weighted by Gasteiger charge is 2.33. The lowest BCUT2D eigenvalue weighted by molar-refractivity contribution is -0.134. The number of sulfonamides is 1. The normalized spacial score (nSPS) is 15.6. The van der Waals surface area contributed by atoms with Crippen LogP contribution in [0.15, 0.2) is 41.0 Å². The smallest absolute Gasteiger partial charge is 0.417 e. The van der Waals surface area contributed by atoms with Gasteiger partial charge in [-0.05, 0) is 36.4 Å². The van der Waals surface area contributed by atoms with Crippen molar-refractivity contribution >= 4 is 55.0 Å².